The smallest absolute Gasteiger partial charge is 0.309 e. The average molecular weight is 191 g/mol. The van der Waals surface area contributed by atoms with Gasteiger partial charge in [-0.25, -0.2) is 9.50 Å². The standard InChI is InChI=1S/C9H9N3O2/c1-6-10-8-4-2-3-7(5-9(13)14)12(8)11-6/h2-4H,5H2,1H3,(H,13,14). The molecule has 0 radical (unpaired) electrons. The van der Waals surface area contributed by atoms with E-state index in [9.17, 15) is 4.79 Å². The monoisotopic (exact) mass is 191 g/mol. The maximum Gasteiger partial charge on any atom is 0.309 e. The summed E-state index contributed by atoms with van der Waals surface area (Å²) in [6.45, 7) is 1.78. The molecule has 0 amide bonds. The van der Waals surface area contributed by atoms with Crippen LogP contribution in [0.3, 0.4) is 0 Å². The van der Waals surface area contributed by atoms with Crippen LogP contribution in [0.4, 0.5) is 0 Å². The Bertz CT molecular complexity index is 490. The SMILES string of the molecule is Cc1nc2cccc(CC(=O)O)n2n1. The van der Waals surface area contributed by atoms with Gasteiger partial charge >= 0.3 is 5.97 Å². The van der Waals surface area contributed by atoms with Gasteiger partial charge in [0.05, 0.1) is 12.1 Å². The zero-order valence-electron chi connectivity index (χ0n) is 7.64. The fraction of sp³-hybridized carbons (Fsp3) is 0.222. The number of hydrogen-bond acceptors (Lipinski definition) is 3. The van der Waals surface area contributed by atoms with Crippen molar-refractivity contribution >= 4 is 11.6 Å². The highest BCUT2D eigenvalue weighted by atomic mass is 16.4. The minimum atomic E-state index is -0.870. The highest BCUT2D eigenvalue weighted by Crippen LogP contribution is 2.06. The number of hydrogen-bond donors (Lipinski definition) is 1. The predicted octanol–water partition coefficient (Wildman–Crippen LogP) is 0.665. The normalized spacial score (nSPS) is 10.6. The molecule has 0 aromatic carbocycles. The molecule has 2 aromatic heterocycles. The number of aryl methyl sites for hydroxylation is 1. The van der Waals surface area contributed by atoms with Gasteiger partial charge in [0.2, 0.25) is 0 Å². The van der Waals surface area contributed by atoms with E-state index < -0.39 is 5.97 Å². The highest BCUT2D eigenvalue weighted by Gasteiger charge is 2.07. The first kappa shape index (κ1) is 8.68. The molecular weight excluding hydrogens is 182 g/mol. The van der Waals surface area contributed by atoms with Gasteiger partial charge in [-0.2, -0.15) is 5.10 Å². The largest absolute Gasteiger partial charge is 0.481 e. The van der Waals surface area contributed by atoms with Gasteiger partial charge in [0.25, 0.3) is 0 Å². The highest BCUT2D eigenvalue weighted by molar-refractivity contribution is 5.69. The Morgan fingerprint density at radius 3 is 3.07 bits per heavy atom. The van der Waals surface area contributed by atoms with Crippen molar-refractivity contribution in [1.29, 1.82) is 0 Å². The maximum atomic E-state index is 10.6. The summed E-state index contributed by atoms with van der Waals surface area (Å²) >= 11 is 0. The first-order valence-electron chi connectivity index (χ1n) is 4.20. The minimum Gasteiger partial charge on any atom is -0.481 e. The summed E-state index contributed by atoms with van der Waals surface area (Å²) in [6, 6.07) is 5.31. The van der Waals surface area contributed by atoms with E-state index in [1.54, 1.807) is 29.6 Å². The molecule has 0 bridgehead atoms. The van der Waals surface area contributed by atoms with Gasteiger partial charge in [0.1, 0.15) is 5.82 Å². The fourth-order valence-electron chi connectivity index (χ4n) is 1.36. The van der Waals surface area contributed by atoms with Gasteiger partial charge < -0.3 is 5.11 Å². The number of aromatic nitrogens is 3. The lowest BCUT2D eigenvalue weighted by Crippen LogP contribution is -2.06. The Hall–Kier alpha value is -1.91. The first-order chi connectivity index (χ1) is 6.66. The number of rotatable bonds is 2. The van der Waals surface area contributed by atoms with Crippen molar-refractivity contribution in [3.05, 3.63) is 29.7 Å². The van der Waals surface area contributed by atoms with Gasteiger partial charge in [-0.05, 0) is 19.1 Å². The van der Waals surface area contributed by atoms with Crippen LogP contribution in [-0.4, -0.2) is 25.7 Å². The molecule has 2 rings (SSSR count). The summed E-state index contributed by atoms with van der Waals surface area (Å²) in [7, 11) is 0. The second-order valence-electron chi connectivity index (χ2n) is 3.02. The van der Waals surface area contributed by atoms with Crippen LogP contribution in [0.1, 0.15) is 11.5 Å². The molecule has 0 aliphatic carbocycles. The van der Waals surface area contributed by atoms with Crippen LogP contribution in [-0.2, 0) is 11.2 Å². The summed E-state index contributed by atoms with van der Waals surface area (Å²) in [6.07, 6.45) is -0.0415. The Morgan fingerprint density at radius 2 is 2.36 bits per heavy atom. The second-order valence-corrected chi connectivity index (χ2v) is 3.02. The van der Waals surface area contributed by atoms with Crippen LogP contribution in [0.5, 0.6) is 0 Å². The zero-order valence-corrected chi connectivity index (χ0v) is 7.64. The third kappa shape index (κ3) is 1.44. The lowest BCUT2D eigenvalue weighted by atomic mass is 10.3. The number of nitrogens with zero attached hydrogens (tertiary/aromatic N) is 3. The molecule has 5 nitrogen and oxygen atoms in total. The molecule has 2 heterocycles. The van der Waals surface area contributed by atoms with E-state index in [0.29, 0.717) is 17.2 Å². The maximum absolute atomic E-state index is 10.6. The number of fused-ring (bicyclic) bond motifs is 1. The van der Waals surface area contributed by atoms with E-state index >= 15 is 0 Å². The van der Waals surface area contributed by atoms with E-state index in [2.05, 4.69) is 10.1 Å². The first-order valence-corrected chi connectivity index (χ1v) is 4.20. The molecule has 0 spiro atoms. The Balaban J connectivity index is 2.58. The number of pyridine rings is 1. The third-order valence-corrected chi connectivity index (χ3v) is 1.88. The molecule has 0 fully saturated rings. The molecule has 0 atom stereocenters. The summed E-state index contributed by atoms with van der Waals surface area (Å²) < 4.78 is 1.56. The lowest BCUT2D eigenvalue weighted by molar-refractivity contribution is -0.136. The van der Waals surface area contributed by atoms with Crippen molar-refractivity contribution in [3.8, 4) is 0 Å². The van der Waals surface area contributed by atoms with Crippen LogP contribution < -0.4 is 0 Å². The van der Waals surface area contributed by atoms with Crippen molar-refractivity contribution in [2.45, 2.75) is 13.3 Å². The minimum absolute atomic E-state index is 0.0415. The quantitative estimate of drug-likeness (QED) is 0.757. The van der Waals surface area contributed by atoms with Crippen molar-refractivity contribution < 1.29 is 9.90 Å². The number of carboxylic acid groups (broad SMARTS) is 1. The van der Waals surface area contributed by atoms with Crippen LogP contribution >= 0.6 is 0 Å². The summed E-state index contributed by atoms with van der Waals surface area (Å²) in [5.41, 5.74) is 1.32. The molecule has 14 heavy (non-hydrogen) atoms. The van der Waals surface area contributed by atoms with Gasteiger partial charge in [0, 0.05) is 0 Å². The van der Waals surface area contributed by atoms with Crippen LogP contribution in [0.15, 0.2) is 18.2 Å². The van der Waals surface area contributed by atoms with E-state index in [-0.39, 0.29) is 6.42 Å². The van der Waals surface area contributed by atoms with Crippen LogP contribution in [0, 0.1) is 6.92 Å². The van der Waals surface area contributed by atoms with Crippen molar-refractivity contribution in [2.75, 3.05) is 0 Å². The summed E-state index contributed by atoms with van der Waals surface area (Å²) in [5.74, 6) is -0.228. The molecule has 5 heteroatoms. The molecule has 1 N–H and O–H groups in total. The van der Waals surface area contributed by atoms with Crippen LogP contribution in [0.25, 0.3) is 5.65 Å². The molecule has 72 valence electrons. The molecule has 0 aliphatic heterocycles. The lowest BCUT2D eigenvalue weighted by Gasteiger charge is -1.99. The van der Waals surface area contributed by atoms with Gasteiger partial charge in [-0.15, -0.1) is 0 Å². The molecular formula is C9H9N3O2. The fourth-order valence-corrected chi connectivity index (χ4v) is 1.36. The topological polar surface area (TPSA) is 67.5 Å². The summed E-state index contributed by atoms with van der Waals surface area (Å²) in [4.78, 5) is 14.7. The molecule has 2 aromatic rings. The summed E-state index contributed by atoms with van der Waals surface area (Å²) in [5, 5.41) is 12.8. The molecule has 0 saturated heterocycles. The molecule has 0 saturated carbocycles. The van der Waals surface area contributed by atoms with E-state index in [0.717, 1.165) is 0 Å². The van der Waals surface area contributed by atoms with Crippen LogP contribution in [0.2, 0.25) is 0 Å². The van der Waals surface area contributed by atoms with Gasteiger partial charge in [-0.3, -0.25) is 4.79 Å². The van der Waals surface area contributed by atoms with E-state index in [1.807, 2.05) is 0 Å². The Kier molecular flexibility index (Phi) is 1.92. The number of aliphatic carboxylic acids is 1. The number of carboxylic acids is 1. The van der Waals surface area contributed by atoms with Crippen molar-refractivity contribution in [3.63, 3.8) is 0 Å². The van der Waals surface area contributed by atoms with Gasteiger partial charge in [-0.1, -0.05) is 6.07 Å². The predicted molar refractivity (Wildman–Crippen MR) is 49.1 cm³/mol. The average Bonchev–Trinajstić information content (AvgIpc) is 2.45. The van der Waals surface area contributed by atoms with Crippen molar-refractivity contribution in [1.82, 2.24) is 14.6 Å². The molecule has 0 unspecified atom stereocenters. The second kappa shape index (κ2) is 3.10. The van der Waals surface area contributed by atoms with Crippen molar-refractivity contribution in [2.24, 2.45) is 0 Å². The van der Waals surface area contributed by atoms with E-state index in [4.69, 9.17) is 5.11 Å². The Labute approximate surface area is 80.0 Å². The zero-order chi connectivity index (χ0) is 10.1. The number of carbonyl (C=O) groups is 1. The third-order valence-electron chi connectivity index (χ3n) is 1.88. The Morgan fingerprint density at radius 1 is 1.57 bits per heavy atom. The van der Waals surface area contributed by atoms with Gasteiger partial charge in [0.15, 0.2) is 5.65 Å². The van der Waals surface area contributed by atoms with E-state index in [1.165, 1.54) is 0 Å². The molecule has 0 aliphatic rings.